The molecule has 0 fully saturated rings. The smallest absolute Gasteiger partial charge is 0.129 e. The number of aryl methyl sites for hydroxylation is 4. The van der Waals surface area contributed by atoms with Crippen molar-refractivity contribution in [1.29, 1.82) is 0 Å². The van der Waals surface area contributed by atoms with Crippen LogP contribution in [0, 0.1) is 33.6 Å². The van der Waals surface area contributed by atoms with E-state index in [2.05, 4.69) is 272 Å². The summed E-state index contributed by atoms with van der Waals surface area (Å²) in [7, 11) is 0. The molecule has 3 unspecified atom stereocenters. The van der Waals surface area contributed by atoms with Gasteiger partial charge in [0, 0.05) is 60.9 Å². The lowest BCUT2D eigenvalue weighted by atomic mass is 9.83. The summed E-state index contributed by atoms with van der Waals surface area (Å²) in [6, 6.07) is 81.2. The van der Waals surface area contributed by atoms with Gasteiger partial charge in [0.15, 0.2) is 0 Å². The molecule has 0 spiro atoms. The van der Waals surface area contributed by atoms with Crippen LogP contribution >= 0.6 is 0 Å². The molecule has 4 heterocycles. The molecule has 0 amide bonds. The van der Waals surface area contributed by atoms with Gasteiger partial charge in [-0.2, -0.15) is 0 Å². The average molecular weight is 984 g/mol. The summed E-state index contributed by atoms with van der Waals surface area (Å²) in [5.74, 6) is 1.13. The molecule has 370 valence electrons. The zero-order valence-electron chi connectivity index (χ0n) is 44.3. The first-order valence-electron chi connectivity index (χ1n) is 27.0. The van der Waals surface area contributed by atoms with Gasteiger partial charge in [0.05, 0.1) is 45.2 Å². The van der Waals surface area contributed by atoms with Crippen LogP contribution in [0.4, 0.5) is 0 Å². The molecule has 3 atom stereocenters. The van der Waals surface area contributed by atoms with Gasteiger partial charge in [-0.05, 0) is 141 Å². The van der Waals surface area contributed by atoms with Crippen LogP contribution in [0.15, 0.2) is 223 Å². The molecule has 1 N–H and O–H groups in total. The predicted octanol–water partition coefficient (Wildman–Crippen LogP) is 18.4. The number of aromatic nitrogens is 3. The molecule has 14 rings (SSSR count). The van der Waals surface area contributed by atoms with Crippen molar-refractivity contribution in [2.75, 3.05) is 0 Å². The molecule has 10 aromatic carbocycles. The standard InChI is InChI=1S/C69H55N5.C2H6/c1-42-16-32-61-57(36-42)58-37-43(2)17-33-62(58)72(61)52-25-20-47(21-26-52)51-24-30-55-56-31-29-54(74-63-34-18-44(3)38-59(63)60-39-45(4)19-35-64(60)74)41-66(56)73(65(55)40-51)53-27-22-49(23-28-53)68-46(5)67(48-12-8-6-9-13-48)70-69(71-68)50-14-10-7-11-15-50;1-2/h6-41,46,67-68H,1-5H3,(H,70,71);1-2H3. The van der Waals surface area contributed by atoms with E-state index >= 15 is 0 Å². The molecule has 1 aliphatic heterocycles. The lowest BCUT2D eigenvalue weighted by Gasteiger charge is -2.36. The molecule has 0 bridgehead atoms. The number of hydrogen-bond acceptors (Lipinski definition) is 2. The van der Waals surface area contributed by atoms with Gasteiger partial charge in [-0.15, -0.1) is 0 Å². The Hall–Kier alpha value is -8.93. The summed E-state index contributed by atoms with van der Waals surface area (Å²) in [6.45, 7) is 15.1. The van der Waals surface area contributed by atoms with Gasteiger partial charge < -0.3 is 19.0 Å². The highest BCUT2D eigenvalue weighted by molar-refractivity contribution is 6.13. The number of nitrogens with zero attached hydrogens (tertiary/aromatic N) is 4. The van der Waals surface area contributed by atoms with Crippen molar-refractivity contribution in [1.82, 2.24) is 19.0 Å². The Balaban J connectivity index is 0.00000274. The average Bonchev–Trinajstić information content (AvgIpc) is 4.09. The highest BCUT2D eigenvalue weighted by atomic mass is 15.1. The topological polar surface area (TPSA) is 39.2 Å². The van der Waals surface area contributed by atoms with Crippen LogP contribution < -0.4 is 5.32 Å². The first-order valence-corrected chi connectivity index (χ1v) is 27.0. The largest absolute Gasteiger partial charge is 0.363 e. The van der Waals surface area contributed by atoms with E-state index in [1.807, 2.05) is 13.8 Å². The van der Waals surface area contributed by atoms with Gasteiger partial charge in [0.25, 0.3) is 0 Å². The zero-order chi connectivity index (χ0) is 51.8. The van der Waals surface area contributed by atoms with Crippen molar-refractivity contribution in [2.45, 2.75) is 60.5 Å². The SMILES string of the molecule is CC.Cc1ccc2c(c1)c1cc(C)ccc1n2-c1ccc(-c2ccc3c4ccc(-n5c6ccc(C)cc6c6cc(C)ccc65)cc4n(-c4ccc(C5NC(c6ccccc6)=NC(c6ccccc6)C5C)cc4)c3c2)cc1. The molecule has 0 saturated heterocycles. The summed E-state index contributed by atoms with van der Waals surface area (Å²) in [5, 5.41) is 11.5. The van der Waals surface area contributed by atoms with Crippen molar-refractivity contribution in [3.63, 3.8) is 0 Å². The minimum absolute atomic E-state index is 0.00441. The number of rotatable bonds is 7. The van der Waals surface area contributed by atoms with E-state index in [9.17, 15) is 0 Å². The molecule has 13 aromatic rings. The molecule has 5 heteroatoms. The number of fused-ring (bicyclic) bond motifs is 9. The first kappa shape index (κ1) is 46.8. The van der Waals surface area contributed by atoms with Crippen molar-refractivity contribution >= 4 is 71.3 Å². The van der Waals surface area contributed by atoms with Crippen LogP contribution in [0.25, 0.3) is 93.6 Å². The van der Waals surface area contributed by atoms with Crippen LogP contribution in [0.3, 0.4) is 0 Å². The second-order valence-electron chi connectivity index (χ2n) is 20.8. The zero-order valence-corrected chi connectivity index (χ0v) is 44.3. The van der Waals surface area contributed by atoms with Crippen LogP contribution in [-0.4, -0.2) is 19.5 Å². The molecule has 1 aliphatic rings. The fourth-order valence-corrected chi connectivity index (χ4v) is 12.2. The lowest BCUT2D eigenvalue weighted by molar-refractivity contribution is 0.348. The van der Waals surface area contributed by atoms with E-state index in [0.29, 0.717) is 0 Å². The second kappa shape index (κ2) is 18.8. The molecular formula is C71H61N5. The summed E-state index contributed by atoms with van der Waals surface area (Å²) in [4.78, 5) is 5.36. The van der Waals surface area contributed by atoms with Crippen molar-refractivity contribution in [2.24, 2.45) is 10.9 Å². The minimum Gasteiger partial charge on any atom is -0.363 e. The fourth-order valence-electron chi connectivity index (χ4n) is 12.2. The van der Waals surface area contributed by atoms with Gasteiger partial charge in [0.1, 0.15) is 5.84 Å². The third-order valence-corrected chi connectivity index (χ3v) is 15.9. The molecule has 0 saturated carbocycles. The van der Waals surface area contributed by atoms with Crippen molar-refractivity contribution in [3.05, 3.63) is 257 Å². The normalized spacial score (nSPS) is 15.6. The Morgan fingerprint density at radius 2 is 0.763 bits per heavy atom. The maximum atomic E-state index is 5.36. The van der Waals surface area contributed by atoms with Crippen LogP contribution in [0.1, 0.15) is 71.8 Å². The molecular weight excluding hydrogens is 923 g/mol. The molecule has 5 nitrogen and oxygen atoms in total. The molecule has 76 heavy (non-hydrogen) atoms. The first-order chi connectivity index (χ1) is 37.2. The Kier molecular flexibility index (Phi) is 11.6. The van der Waals surface area contributed by atoms with Gasteiger partial charge in [-0.25, -0.2) is 0 Å². The van der Waals surface area contributed by atoms with E-state index in [1.165, 1.54) is 104 Å². The van der Waals surface area contributed by atoms with Gasteiger partial charge in [-0.1, -0.05) is 170 Å². The van der Waals surface area contributed by atoms with Gasteiger partial charge >= 0.3 is 0 Å². The highest BCUT2D eigenvalue weighted by Gasteiger charge is 2.33. The number of hydrogen-bond donors (Lipinski definition) is 1. The highest BCUT2D eigenvalue weighted by Crippen LogP contribution is 2.42. The number of nitrogens with one attached hydrogen (secondary N) is 1. The maximum absolute atomic E-state index is 5.36. The lowest BCUT2D eigenvalue weighted by Crippen LogP contribution is -2.40. The number of amidine groups is 1. The monoisotopic (exact) mass is 983 g/mol. The summed E-state index contributed by atoms with van der Waals surface area (Å²) >= 11 is 0. The fraction of sp³-hybridized carbons (Fsp3) is 0.141. The van der Waals surface area contributed by atoms with Crippen molar-refractivity contribution < 1.29 is 0 Å². The maximum Gasteiger partial charge on any atom is 0.129 e. The predicted molar refractivity (Wildman–Crippen MR) is 322 cm³/mol. The third-order valence-electron chi connectivity index (χ3n) is 15.9. The Bertz CT molecular complexity index is 4260. The minimum atomic E-state index is 0.00441. The second-order valence-corrected chi connectivity index (χ2v) is 20.8. The number of aliphatic imine (C=N–C) groups is 1. The molecule has 0 radical (unpaired) electrons. The van der Waals surface area contributed by atoms with E-state index in [4.69, 9.17) is 4.99 Å². The third kappa shape index (κ3) is 7.80. The molecule has 0 aliphatic carbocycles. The van der Waals surface area contributed by atoms with Gasteiger partial charge in [0.2, 0.25) is 0 Å². The van der Waals surface area contributed by atoms with E-state index in [1.54, 1.807) is 0 Å². The van der Waals surface area contributed by atoms with E-state index in [-0.39, 0.29) is 18.0 Å². The van der Waals surface area contributed by atoms with Crippen LogP contribution in [0.2, 0.25) is 0 Å². The van der Waals surface area contributed by atoms with E-state index < -0.39 is 0 Å². The summed E-state index contributed by atoms with van der Waals surface area (Å²) < 4.78 is 7.35. The Morgan fingerprint density at radius 1 is 0.342 bits per heavy atom. The van der Waals surface area contributed by atoms with E-state index in [0.717, 1.165) is 34.0 Å². The van der Waals surface area contributed by atoms with Crippen molar-refractivity contribution in [3.8, 4) is 28.2 Å². The van der Waals surface area contributed by atoms with Crippen LogP contribution in [0.5, 0.6) is 0 Å². The Morgan fingerprint density at radius 3 is 1.29 bits per heavy atom. The Labute approximate surface area is 445 Å². The van der Waals surface area contributed by atoms with Gasteiger partial charge in [-0.3, -0.25) is 4.99 Å². The number of benzene rings is 10. The van der Waals surface area contributed by atoms with Crippen LogP contribution in [-0.2, 0) is 0 Å². The summed E-state index contributed by atoms with van der Waals surface area (Å²) in [5.41, 5.74) is 21.6. The summed E-state index contributed by atoms with van der Waals surface area (Å²) in [6.07, 6.45) is 0. The quantitative estimate of drug-likeness (QED) is 0.170. The molecule has 3 aromatic heterocycles.